The topological polar surface area (TPSA) is 52.0 Å². The standard InChI is InChI=1S/C6H6ClN.CH5N/c7-5-1-3-6(8)4-2-5;1-2/h1-4H,8H2;2H2,1H3. The number of halogens is 1. The van der Waals surface area contributed by atoms with Crippen LogP contribution in [-0.4, -0.2) is 7.05 Å². The molecule has 0 aliphatic heterocycles. The van der Waals surface area contributed by atoms with E-state index < -0.39 is 0 Å². The first-order chi connectivity index (χ1) is 4.79. The quantitative estimate of drug-likeness (QED) is 0.563. The maximum absolute atomic E-state index is 5.56. The second-order valence-electron chi connectivity index (χ2n) is 1.55. The second kappa shape index (κ2) is 5.09. The SMILES string of the molecule is CN.Nc1ccc(Cl)cc1. The van der Waals surface area contributed by atoms with Crippen LogP contribution in [-0.2, 0) is 0 Å². The number of nitrogens with two attached hydrogens (primary N) is 2. The predicted molar refractivity (Wildman–Crippen MR) is 46.0 cm³/mol. The van der Waals surface area contributed by atoms with Crippen molar-refractivity contribution in [2.45, 2.75) is 0 Å². The molecule has 1 rings (SSSR count). The van der Waals surface area contributed by atoms with E-state index >= 15 is 0 Å². The third kappa shape index (κ3) is 3.33. The zero-order chi connectivity index (χ0) is 7.98. The van der Waals surface area contributed by atoms with Crippen LogP contribution in [0.15, 0.2) is 24.3 Å². The molecule has 0 radical (unpaired) electrons. The van der Waals surface area contributed by atoms with Crippen molar-refractivity contribution in [1.29, 1.82) is 0 Å². The van der Waals surface area contributed by atoms with E-state index in [0.29, 0.717) is 0 Å². The van der Waals surface area contributed by atoms with Crippen LogP contribution in [0.5, 0.6) is 0 Å². The Kier molecular flexibility index (Phi) is 4.72. The molecule has 0 saturated carbocycles. The Morgan fingerprint density at radius 2 is 1.50 bits per heavy atom. The molecule has 0 heterocycles. The molecular formula is C7H11ClN2. The fourth-order valence-corrected chi connectivity index (χ4v) is 0.589. The lowest BCUT2D eigenvalue weighted by Gasteiger charge is -1.88. The maximum atomic E-state index is 5.56. The van der Waals surface area contributed by atoms with Gasteiger partial charge in [0.1, 0.15) is 0 Å². The molecule has 0 aliphatic rings. The molecule has 1 aromatic rings. The van der Waals surface area contributed by atoms with Crippen molar-refractivity contribution in [3.05, 3.63) is 29.3 Å². The monoisotopic (exact) mass is 158 g/mol. The van der Waals surface area contributed by atoms with Gasteiger partial charge in [-0.2, -0.15) is 0 Å². The van der Waals surface area contributed by atoms with E-state index in [0.717, 1.165) is 10.7 Å². The zero-order valence-corrected chi connectivity index (χ0v) is 6.60. The van der Waals surface area contributed by atoms with Gasteiger partial charge in [-0.3, -0.25) is 0 Å². The van der Waals surface area contributed by atoms with E-state index in [2.05, 4.69) is 5.73 Å². The highest BCUT2D eigenvalue weighted by molar-refractivity contribution is 6.30. The number of hydrogen-bond acceptors (Lipinski definition) is 2. The van der Waals surface area contributed by atoms with E-state index in [1.807, 2.05) is 0 Å². The summed E-state index contributed by atoms with van der Waals surface area (Å²) in [6, 6.07) is 7.05. The Labute approximate surface area is 65.8 Å². The first kappa shape index (κ1) is 9.27. The number of benzene rings is 1. The van der Waals surface area contributed by atoms with Gasteiger partial charge in [0.05, 0.1) is 0 Å². The highest BCUT2D eigenvalue weighted by atomic mass is 35.5. The minimum Gasteiger partial charge on any atom is -0.399 e. The van der Waals surface area contributed by atoms with Gasteiger partial charge in [0.25, 0.3) is 0 Å². The Hall–Kier alpha value is -0.730. The lowest BCUT2D eigenvalue weighted by molar-refractivity contribution is 1.48. The Morgan fingerprint density at radius 3 is 1.80 bits per heavy atom. The van der Waals surface area contributed by atoms with Crippen molar-refractivity contribution in [2.75, 3.05) is 12.8 Å². The Morgan fingerprint density at radius 1 is 1.10 bits per heavy atom. The van der Waals surface area contributed by atoms with E-state index in [-0.39, 0.29) is 0 Å². The van der Waals surface area contributed by atoms with Gasteiger partial charge in [0.2, 0.25) is 0 Å². The van der Waals surface area contributed by atoms with Gasteiger partial charge in [-0.15, -0.1) is 0 Å². The minimum atomic E-state index is 0.721. The van der Waals surface area contributed by atoms with E-state index in [1.54, 1.807) is 24.3 Å². The average Bonchev–Trinajstić information content (AvgIpc) is 2.00. The van der Waals surface area contributed by atoms with Crippen molar-refractivity contribution < 1.29 is 0 Å². The molecular weight excluding hydrogens is 148 g/mol. The molecule has 0 spiro atoms. The van der Waals surface area contributed by atoms with Gasteiger partial charge in [-0.1, -0.05) is 11.6 Å². The minimum absolute atomic E-state index is 0.721. The van der Waals surface area contributed by atoms with Gasteiger partial charge in [0, 0.05) is 10.7 Å². The van der Waals surface area contributed by atoms with Crippen molar-refractivity contribution in [3.63, 3.8) is 0 Å². The number of hydrogen-bond donors (Lipinski definition) is 2. The fraction of sp³-hybridized carbons (Fsp3) is 0.143. The van der Waals surface area contributed by atoms with Crippen LogP contribution in [0.2, 0.25) is 5.02 Å². The van der Waals surface area contributed by atoms with Crippen molar-refractivity contribution in [3.8, 4) is 0 Å². The first-order valence-electron chi connectivity index (χ1n) is 2.88. The summed E-state index contributed by atoms with van der Waals surface area (Å²) in [6.07, 6.45) is 0. The summed E-state index contributed by atoms with van der Waals surface area (Å²) < 4.78 is 0. The van der Waals surface area contributed by atoms with E-state index in [9.17, 15) is 0 Å². The summed E-state index contributed by atoms with van der Waals surface area (Å²) in [7, 11) is 1.50. The van der Waals surface area contributed by atoms with Crippen molar-refractivity contribution in [2.24, 2.45) is 5.73 Å². The molecule has 0 bridgehead atoms. The highest BCUT2D eigenvalue weighted by Gasteiger charge is 1.82. The van der Waals surface area contributed by atoms with Crippen LogP contribution in [0.25, 0.3) is 0 Å². The predicted octanol–water partition coefficient (Wildman–Crippen LogP) is 1.50. The molecule has 56 valence electrons. The number of rotatable bonds is 0. The molecule has 4 N–H and O–H groups in total. The highest BCUT2D eigenvalue weighted by Crippen LogP contribution is 2.09. The van der Waals surface area contributed by atoms with Gasteiger partial charge in [0.15, 0.2) is 0 Å². The first-order valence-corrected chi connectivity index (χ1v) is 3.25. The molecule has 0 aliphatic carbocycles. The molecule has 2 nitrogen and oxygen atoms in total. The summed E-state index contributed by atoms with van der Waals surface area (Å²) in [6.45, 7) is 0. The van der Waals surface area contributed by atoms with E-state index in [4.69, 9.17) is 17.3 Å². The number of anilines is 1. The summed E-state index contributed by atoms with van der Waals surface area (Å²) in [5.41, 5.74) is 10.6. The Bertz CT molecular complexity index is 150. The molecule has 0 atom stereocenters. The molecule has 0 saturated heterocycles. The van der Waals surface area contributed by atoms with Crippen LogP contribution in [0.3, 0.4) is 0 Å². The lowest BCUT2D eigenvalue weighted by atomic mass is 10.3. The molecule has 0 amide bonds. The normalized spacial score (nSPS) is 7.90. The van der Waals surface area contributed by atoms with Gasteiger partial charge < -0.3 is 11.5 Å². The zero-order valence-electron chi connectivity index (χ0n) is 5.84. The summed E-state index contributed by atoms with van der Waals surface area (Å²) in [5, 5.41) is 0.721. The number of nitrogen functional groups attached to an aromatic ring is 1. The van der Waals surface area contributed by atoms with Crippen molar-refractivity contribution >= 4 is 17.3 Å². The second-order valence-corrected chi connectivity index (χ2v) is 1.99. The molecule has 10 heavy (non-hydrogen) atoms. The summed E-state index contributed by atoms with van der Waals surface area (Å²) in [4.78, 5) is 0. The van der Waals surface area contributed by atoms with Crippen LogP contribution >= 0.6 is 11.6 Å². The maximum Gasteiger partial charge on any atom is 0.0407 e. The van der Waals surface area contributed by atoms with Crippen molar-refractivity contribution in [1.82, 2.24) is 0 Å². The third-order valence-electron chi connectivity index (χ3n) is 0.870. The van der Waals surface area contributed by atoms with Crippen LogP contribution in [0.4, 0.5) is 5.69 Å². The van der Waals surface area contributed by atoms with Gasteiger partial charge in [-0.25, -0.2) is 0 Å². The molecule has 0 aromatic heterocycles. The third-order valence-corrected chi connectivity index (χ3v) is 1.12. The molecule has 3 heteroatoms. The molecule has 0 unspecified atom stereocenters. The summed E-state index contributed by atoms with van der Waals surface area (Å²) >= 11 is 5.56. The lowest BCUT2D eigenvalue weighted by Crippen LogP contribution is -1.80. The average molecular weight is 159 g/mol. The van der Waals surface area contributed by atoms with Crippen LogP contribution < -0.4 is 11.5 Å². The van der Waals surface area contributed by atoms with Crippen LogP contribution in [0.1, 0.15) is 0 Å². The molecule has 0 fully saturated rings. The summed E-state index contributed by atoms with van der Waals surface area (Å²) in [5.74, 6) is 0. The smallest absolute Gasteiger partial charge is 0.0407 e. The largest absolute Gasteiger partial charge is 0.399 e. The van der Waals surface area contributed by atoms with E-state index in [1.165, 1.54) is 7.05 Å². The van der Waals surface area contributed by atoms with Gasteiger partial charge >= 0.3 is 0 Å². The molecule has 1 aromatic carbocycles. The Balaban J connectivity index is 0.000000371. The fourth-order valence-electron chi connectivity index (χ4n) is 0.463. The van der Waals surface area contributed by atoms with Crippen LogP contribution in [0, 0.1) is 0 Å². The van der Waals surface area contributed by atoms with Gasteiger partial charge in [-0.05, 0) is 31.3 Å².